The van der Waals surface area contributed by atoms with Crippen LogP contribution in [0.3, 0.4) is 0 Å². The predicted octanol–water partition coefficient (Wildman–Crippen LogP) is -1.67. The van der Waals surface area contributed by atoms with Gasteiger partial charge in [0.05, 0.1) is 25.3 Å². The van der Waals surface area contributed by atoms with Gasteiger partial charge in [0.25, 0.3) is 0 Å². The molecule has 7 aromatic rings. The largest absolute Gasteiger partial charge is 0.394 e. The Kier molecular flexibility index (Phi) is 33.6. The second-order valence-corrected chi connectivity index (χ2v) is 30.1. The molecule has 1 fully saturated rings. The number of H-pyrrole nitrogens is 2. The van der Waals surface area contributed by atoms with Gasteiger partial charge >= 0.3 is 0 Å². The maximum atomic E-state index is 15.1. The summed E-state index contributed by atoms with van der Waals surface area (Å²) in [6, 6.07) is 18.3. The fourth-order valence-corrected chi connectivity index (χ4v) is 14.1. The second-order valence-electron chi connectivity index (χ2n) is 29.1. The van der Waals surface area contributed by atoms with Crippen LogP contribution in [-0.2, 0) is 92.8 Å². The number of hydrogen-bond acceptors (Lipinski definition) is 18. The molecule has 2 aromatic heterocycles. The number of carbonyl (C=O) groups is 14. The highest BCUT2D eigenvalue weighted by atomic mass is 32.2. The molecule has 0 unspecified atom stereocenters. The van der Waals surface area contributed by atoms with E-state index in [1.807, 2.05) is 36.4 Å². The molecule has 25 N–H and O–H groups in total. The number of rotatable bonds is 22. The Labute approximate surface area is 673 Å². The van der Waals surface area contributed by atoms with Gasteiger partial charge in [-0.3, -0.25) is 72.5 Å². The number of unbranched alkanes of at least 4 members (excludes halogenated alkanes) is 1. The molecule has 14 amide bonds. The fraction of sp³-hybridized carbons (Fsp3) is 0.412. The summed E-state index contributed by atoms with van der Waals surface area (Å²) in [4.78, 5) is 208. The summed E-state index contributed by atoms with van der Waals surface area (Å²) in [6.07, 6.45) is 1.90. The van der Waals surface area contributed by atoms with Gasteiger partial charge in [0.1, 0.15) is 66.5 Å². The number of para-hydroxylation sites is 2. The van der Waals surface area contributed by atoms with Crippen LogP contribution in [0.1, 0.15) is 88.5 Å². The number of guanidine groups is 1. The lowest BCUT2D eigenvalue weighted by Crippen LogP contribution is -2.62. The summed E-state index contributed by atoms with van der Waals surface area (Å²) in [5, 5.41) is 55.3. The Morgan fingerprint density at radius 3 is 1.48 bits per heavy atom. The van der Waals surface area contributed by atoms with Crippen molar-refractivity contribution in [3.05, 3.63) is 156 Å². The van der Waals surface area contributed by atoms with Crippen molar-refractivity contribution in [1.29, 1.82) is 5.41 Å². The lowest BCUT2D eigenvalue weighted by Gasteiger charge is -2.29. The zero-order valence-electron chi connectivity index (χ0n) is 64.9. The highest BCUT2D eigenvalue weighted by molar-refractivity contribution is 8.00. The number of aromatic nitrogens is 2. The molecular formula is C80H104N20O15S. The van der Waals surface area contributed by atoms with Crippen molar-refractivity contribution in [2.45, 2.75) is 158 Å². The molecule has 0 bridgehead atoms. The molecular weight excluding hydrogens is 1510 g/mol. The molecule has 116 heavy (non-hydrogen) atoms. The number of amides is 14. The minimum Gasteiger partial charge on any atom is -0.394 e. The summed E-state index contributed by atoms with van der Waals surface area (Å²) in [7, 11) is 0. The lowest BCUT2D eigenvalue weighted by atomic mass is 9.98. The second kappa shape index (κ2) is 43.7. The van der Waals surface area contributed by atoms with Crippen molar-refractivity contribution in [2.75, 3.05) is 37.7 Å². The van der Waals surface area contributed by atoms with Gasteiger partial charge in [-0.25, -0.2) is 0 Å². The molecule has 620 valence electrons. The average molecular weight is 1620 g/mol. The normalized spacial score (nSPS) is 22.5. The van der Waals surface area contributed by atoms with Crippen molar-refractivity contribution in [1.82, 2.24) is 79.1 Å². The standard InChI is InChI=1S/C80H104N20O15S/c1-43(2)67-78(114)92-56(25-14-15-29-81)72(108)94-59(34-49-37-87-53-23-12-10-21-51(49)53)76(112)100-68(44(3)4)79(115)98-63(69(83)105)41-116-42-66(104)91-57(33-46-27-28-47-19-8-9-20-48(47)31-46)73(109)93-58(32-45-17-6-5-7-18-45)74(110)97-62(40-101)70(106)89-39-65(103)90-55(26-16-30-86-80(84)85)71(107)96-61(36-64(82)102)75(111)95-60(77(113)99-67)35-50-38-88-54-24-13-11-22-52(50)54/h5-13,17-24,27-28,31,37-38,43-44,55-63,67-68,87-88,101H,14-16,25-26,29-30,32-36,39-42,81H2,1-4H3,(H2,82,102)(H2,83,105)(H,89,106)(H,90,103)(H,91,104)(H,92,114)(H,93,109)(H,94,108)(H,95,111)(H,96,107)(H,97,110)(H,98,115)(H,99,113)(H,100,112)(H4,84,85,86)/t55-,56-,57-,58-,59-,60-,61-,62-,63-,67-,68-/m0/s1. The molecule has 8 rings (SSSR count). The number of primary amides is 2. The molecule has 0 aliphatic carbocycles. The van der Waals surface area contributed by atoms with E-state index in [0.29, 0.717) is 50.5 Å². The zero-order chi connectivity index (χ0) is 84.1. The van der Waals surface area contributed by atoms with Crippen molar-refractivity contribution in [3.8, 4) is 0 Å². The Bertz CT molecular complexity index is 4670. The first-order chi connectivity index (χ1) is 55.5. The van der Waals surface area contributed by atoms with Crippen molar-refractivity contribution >= 4 is 133 Å². The Morgan fingerprint density at radius 1 is 0.474 bits per heavy atom. The van der Waals surface area contributed by atoms with E-state index in [2.05, 4.69) is 79.1 Å². The van der Waals surface area contributed by atoms with Crippen LogP contribution in [0.25, 0.3) is 32.6 Å². The van der Waals surface area contributed by atoms with E-state index in [-0.39, 0.29) is 70.2 Å². The van der Waals surface area contributed by atoms with Gasteiger partial charge in [-0.15, -0.1) is 11.8 Å². The zero-order valence-corrected chi connectivity index (χ0v) is 65.7. The third-order valence-electron chi connectivity index (χ3n) is 19.4. The Morgan fingerprint density at radius 2 is 0.931 bits per heavy atom. The smallest absolute Gasteiger partial charge is 0.245 e. The predicted molar refractivity (Wildman–Crippen MR) is 435 cm³/mol. The molecule has 11 atom stereocenters. The maximum absolute atomic E-state index is 15.1. The number of nitrogens with two attached hydrogens (primary N) is 4. The molecule has 3 heterocycles. The number of carbonyl (C=O) groups excluding carboxylic acids is 14. The number of benzene rings is 5. The van der Waals surface area contributed by atoms with E-state index in [4.69, 9.17) is 28.3 Å². The van der Waals surface area contributed by atoms with E-state index in [9.17, 15) is 57.8 Å². The lowest BCUT2D eigenvalue weighted by molar-refractivity contribution is -0.137. The molecule has 36 heteroatoms. The number of thioether (sulfide) groups is 1. The first-order valence-electron chi connectivity index (χ1n) is 38.2. The monoisotopic (exact) mass is 1620 g/mol. The minimum absolute atomic E-state index is 0.0185. The summed E-state index contributed by atoms with van der Waals surface area (Å²) >= 11 is 0.859. The third-order valence-corrected chi connectivity index (χ3v) is 20.5. The van der Waals surface area contributed by atoms with E-state index in [1.54, 1.807) is 125 Å². The summed E-state index contributed by atoms with van der Waals surface area (Å²) in [6.45, 7) is 4.65. The van der Waals surface area contributed by atoms with Gasteiger partial charge in [-0.2, -0.15) is 0 Å². The first kappa shape index (κ1) is 89.1. The van der Waals surface area contributed by atoms with Crippen LogP contribution in [0.4, 0.5) is 0 Å². The van der Waals surface area contributed by atoms with Gasteiger partial charge in [-0.05, 0) is 95.6 Å². The topological polar surface area (TPSA) is 575 Å². The fourth-order valence-electron chi connectivity index (χ4n) is 13.2. The van der Waals surface area contributed by atoms with Crippen molar-refractivity contribution < 1.29 is 72.2 Å². The molecule has 1 saturated heterocycles. The molecule has 5 aromatic carbocycles. The van der Waals surface area contributed by atoms with Crippen LogP contribution >= 0.6 is 11.8 Å². The van der Waals surface area contributed by atoms with Gasteiger partial charge < -0.3 is 107 Å². The molecule has 0 saturated carbocycles. The number of aromatic amines is 2. The van der Waals surface area contributed by atoms with Crippen LogP contribution in [0.15, 0.2) is 134 Å². The van der Waals surface area contributed by atoms with Crippen LogP contribution < -0.4 is 92.1 Å². The van der Waals surface area contributed by atoms with E-state index in [0.717, 1.165) is 22.5 Å². The summed E-state index contributed by atoms with van der Waals surface area (Å²) < 4.78 is 0. The maximum Gasteiger partial charge on any atom is 0.245 e. The molecule has 1 aliphatic heterocycles. The Hall–Kier alpha value is -12.4. The number of nitrogens with one attached hydrogen (secondary N) is 16. The van der Waals surface area contributed by atoms with Crippen LogP contribution in [0.5, 0.6) is 0 Å². The minimum atomic E-state index is -1.87. The first-order valence-corrected chi connectivity index (χ1v) is 39.4. The average Bonchev–Trinajstić information content (AvgIpc) is 1.63. The van der Waals surface area contributed by atoms with Crippen LogP contribution in [-0.4, -0.2) is 208 Å². The molecule has 1 aliphatic rings. The highest BCUT2D eigenvalue weighted by Crippen LogP contribution is 2.24. The van der Waals surface area contributed by atoms with Gasteiger partial charge in [0.15, 0.2) is 5.96 Å². The Balaban J connectivity index is 1.16. The van der Waals surface area contributed by atoms with E-state index >= 15 is 14.4 Å². The molecule has 0 radical (unpaired) electrons. The van der Waals surface area contributed by atoms with Crippen LogP contribution in [0.2, 0.25) is 0 Å². The molecule has 0 spiro atoms. The number of hydrogen-bond donors (Lipinski definition) is 21. The number of fused-ring (bicyclic) bond motifs is 3. The highest BCUT2D eigenvalue weighted by Gasteiger charge is 2.39. The van der Waals surface area contributed by atoms with Gasteiger partial charge in [0.2, 0.25) is 82.7 Å². The van der Waals surface area contributed by atoms with E-state index in [1.165, 1.54) is 0 Å². The molecule has 35 nitrogen and oxygen atoms in total. The van der Waals surface area contributed by atoms with Crippen molar-refractivity contribution in [3.63, 3.8) is 0 Å². The summed E-state index contributed by atoms with van der Waals surface area (Å²) in [5.74, 6) is -16.2. The van der Waals surface area contributed by atoms with Gasteiger partial charge in [0, 0.05) is 72.2 Å². The quantitative estimate of drug-likeness (QED) is 0.0205. The SMILES string of the molecule is CC(C)[C@@H]1NC(=O)[C@H](Cc2c[nH]c3ccccc23)NC(=O)[C@H](CCCCN)NC(=O)[C@H](C(C)C)NC(=O)[C@H](Cc2c[nH]c3ccccc23)NC(=O)[C@H](CC(N)=O)NC(=O)[C@H](CCCNC(=N)N)NC(=O)CNC(=O)[C@H](CO)NC(=O)[C@H](Cc2ccccc2)NC(=O)[C@H](Cc2ccc3ccccc3c2)NC(=O)CSC[C@@H](C(N)=O)NC1=O. The number of aliphatic hydroxyl groups excluding tert-OH is 1. The number of aliphatic hydroxyl groups is 1. The third kappa shape index (κ3) is 26.6. The van der Waals surface area contributed by atoms with Crippen molar-refractivity contribution in [2.24, 2.45) is 34.8 Å². The summed E-state index contributed by atoms with van der Waals surface area (Å²) in [5.41, 5.74) is 26.6. The van der Waals surface area contributed by atoms with Gasteiger partial charge in [-0.1, -0.05) is 137 Å². The van der Waals surface area contributed by atoms with Crippen LogP contribution in [0, 0.1) is 17.2 Å². The van der Waals surface area contributed by atoms with E-state index < -0.39 is 192 Å².